The molecule has 0 fully saturated rings. The van der Waals surface area contributed by atoms with Gasteiger partial charge in [-0.1, -0.05) is 70.3 Å². The highest BCUT2D eigenvalue weighted by Gasteiger charge is 2.35. The van der Waals surface area contributed by atoms with Crippen molar-refractivity contribution in [3.05, 3.63) is 71.0 Å². The van der Waals surface area contributed by atoms with Gasteiger partial charge in [0.05, 0.1) is 38.9 Å². The number of imidazole rings is 1. The number of nitrogens with one attached hydrogen (secondary N) is 1. The molecule has 224 valence electrons. The van der Waals surface area contributed by atoms with Gasteiger partial charge in [0.1, 0.15) is 11.6 Å². The number of carbonyl (C=O) groups excluding carboxylic acids is 1. The smallest absolute Gasteiger partial charge is 0.256 e. The van der Waals surface area contributed by atoms with Crippen LogP contribution in [-0.2, 0) is 5.54 Å². The van der Waals surface area contributed by atoms with Crippen LogP contribution < -0.4 is 4.72 Å². The van der Waals surface area contributed by atoms with Crippen molar-refractivity contribution in [2.45, 2.75) is 91.0 Å². The Morgan fingerprint density at radius 1 is 1.00 bits per heavy atom. The molecule has 0 saturated heterocycles. The summed E-state index contributed by atoms with van der Waals surface area (Å²) in [5.74, 6) is 1.55. The predicted molar refractivity (Wildman–Crippen MR) is 176 cm³/mol. The Bertz CT molecular complexity index is 1560. The normalized spacial score (nSPS) is 15.1. The first-order chi connectivity index (χ1) is 20.0. The van der Waals surface area contributed by atoms with Gasteiger partial charge in [0, 0.05) is 29.8 Å². The summed E-state index contributed by atoms with van der Waals surface area (Å²) >= 11 is 8.48. The van der Waals surface area contributed by atoms with Crippen LogP contribution >= 0.6 is 23.5 Å². The van der Waals surface area contributed by atoms with Crippen LogP contribution in [0.1, 0.15) is 103 Å². The van der Waals surface area contributed by atoms with Crippen molar-refractivity contribution in [3.63, 3.8) is 0 Å². The van der Waals surface area contributed by atoms with Gasteiger partial charge in [0.15, 0.2) is 0 Å². The first kappa shape index (κ1) is 32.0. The topological polar surface area (TPSA) is 75.9 Å². The summed E-state index contributed by atoms with van der Waals surface area (Å²) in [6.45, 7) is 17.0. The van der Waals surface area contributed by atoms with Crippen LogP contribution in [0.25, 0.3) is 27.8 Å². The molecule has 2 aromatic carbocycles. The minimum atomic E-state index is -0.308. The summed E-state index contributed by atoms with van der Waals surface area (Å²) in [5.41, 5.74) is 4.58. The number of rotatable bonds is 7. The second kappa shape index (κ2) is 12.7. The van der Waals surface area contributed by atoms with E-state index in [1.807, 2.05) is 57.6 Å². The predicted octanol–water partition coefficient (Wildman–Crippen LogP) is 8.75. The van der Waals surface area contributed by atoms with E-state index in [1.165, 1.54) is 0 Å². The zero-order valence-corrected chi connectivity index (χ0v) is 27.8. The van der Waals surface area contributed by atoms with Crippen LogP contribution in [0.3, 0.4) is 0 Å². The average Bonchev–Trinajstić information content (AvgIpc) is 3.32. The van der Waals surface area contributed by atoms with E-state index >= 15 is 0 Å². The molecule has 2 aromatic heterocycles. The van der Waals surface area contributed by atoms with Gasteiger partial charge < -0.3 is 4.90 Å². The maximum absolute atomic E-state index is 13.4. The minimum Gasteiger partial charge on any atom is -0.331 e. The quantitative estimate of drug-likeness (QED) is 0.212. The fourth-order valence-corrected chi connectivity index (χ4v) is 6.48. The van der Waals surface area contributed by atoms with Crippen molar-refractivity contribution in [2.24, 2.45) is 0 Å². The van der Waals surface area contributed by atoms with Crippen LogP contribution in [0.5, 0.6) is 0 Å². The third kappa shape index (κ3) is 5.81. The fraction of sp³-hybridized carbons (Fsp3) is 0.455. The van der Waals surface area contributed by atoms with Gasteiger partial charge in [-0.25, -0.2) is 19.7 Å². The van der Waals surface area contributed by atoms with Crippen LogP contribution in [0.2, 0.25) is 5.02 Å². The molecule has 1 aliphatic heterocycles. The maximum atomic E-state index is 13.4. The Balaban J connectivity index is 0.00000198. The van der Waals surface area contributed by atoms with Crippen LogP contribution in [0.4, 0.5) is 0 Å². The summed E-state index contributed by atoms with van der Waals surface area (Å²) in [6.07, 6.45) is 6.30. The third-order valence-corrected chi connectivity index (χ3v) is 9.18. The van der Waals surface area contributed by atoms with E-state index in [0.29, 0.717) is 16.3 Å². The van der Waals surface area contributed by atoms with Gasteiger partial charge in [0.2, 0.25) is 0 Å². The lowest BCUT2D eigenvalue weighted by Gasteiger charge is -2.33. The van der Waals surface area contributed by atoms with Crippen molar-refractivity contribution in [3.8, 4) is 16.8 Å². The highest BCUT2D eigenvalue weighted by atomic mass is 35.5. The molecule has 1 amide bonds. The Morgan fingerprint density at radius 3 is 2.26 bits per heavy atom. The van der Waals surface area contributed by atoms with Crippen LogP contribution in [0, 0.1) is 0 Å². The molecule has 5 rings (SSSR count). The molecule has 0 spiro atoms. The van der Waals surface area contributed by atoms with Crippen molar-refractivity contribution in [1.29, 1.82) is 0 Å². The number of halogens is 1. The molecule has 9 heteroatoms. The van der Waals surface area contributed by atoms with Gasteiger partial charge >= 0.3 is 0 Å². The summed E-state index contributed by atoms with van der Waals surface area (Å²) < 4.78 is 5.82. The molecule has 1 unspecified atom stereocenters. The lowest BCUT2D eigenvalue weighted by atomic mass is 9.93. The van der Waals surface area contributed by atoms with E-state index < -0.39 is 0 Å². The molecular weight excluding hydrogens is 564 g/mol. The second-order valence-electron chi connectivity index (χ2n) is 11.4. The summed E-state index contributed by atoms with van der Waals surface area (Å²) in [7, 11) is 1.84. The second-order valence-corrected chi connectivity index (χ2v) is 13.4. The number of amides is 1. The highest BCUT2D eigenvalue weighted by Crippen LogP contribution is 2.39. The largest absolute Gasteiger partial charge is 0.331 e. The molecule has 3 heterocycles. The number of hydrogen-bond acceptors (Lipinski definition) is 6. The summed E-state index contributed by atoms with van der Waals surface area (Å²) in [4.78, 5) is 29.9. The molecule has 0 bridgehead atoms. The van der Waals surface area contributed by atoms with E-state index in [9.17, 15) is 4.79 Å². The van der Waals surface area contributed by atoms with Crippen molar-refractivity contribution < 1.29 is 4.79 Å². The van der Waals surface area contributed by atoms with Gasteiger partial charge in [-0.3, -0.25) is 9.36 Å². The number of carbonyl (C=O) groups is 1. The first-order valence-corrected chi connectivity index (χ1v) is 16.1. The maximum Gasteiger partial charge on any atom is 0.256 e. The van der Waals surface area contributed by atoms with Crippen molar-refractivity contribution in [2.75, 3.05) is 7.05 Å². The molecule has 0 saturated carbocycles. The van der Waals surface area contributed by atoms with Gasteiger partial charge in [-0.15, -0.1) is 0 Å². The molecule has 1 N–H and O–H groups in total. The fourth-order valence-electron chi connectivity index (χ4n) is 5.34. The Kier molecular flexibility index (Phi) is 9.70. The summed E-state index contributed by atoms with van der Waals surface area (Å²) in [6, 6.07) is 11.5. The number of nitrogens with zero attached hydrogens (tertiary/aromatic N) is 5. The number of para-hydroxylation sites is 1. The Labute approximate surface area is 259 Å². The average molecular weight is 607 g/mol. The molecule has 7 nitrogen and oxygen atoms in total. The minimum absolute atomic E-state index is 0.0586. The third-order valence-electron chi connectivity index (χ3n) is 7.77. The lowest BCUT2D eigenvalue weighted by molar-refractivity contribution is 0.0726. The van der Waals surface area contributed by atoms with Crippen molar-refractivity contribution in [1.82, 2.24) is 29.1 Å². The van der Waals surface area contributed by atoms with Crippen LogP contribution in [-0.4, -0.2) is 42.1 Å². The molecule has 0 aliphatic carbocycles. The molecule has 4 aromatic rings. The van der Waals surface area contributed by atoms with Gasteiger partial charge in [-0.2, -0.15) is 0 Å². The number of benzene rings is 2. The van der Waals surface area contributed by atoms with Gasteiger partial charge in [0.25, 0.3) is 5.91 Å². The summed E-state index contributed by atoms with van der Waals surface area (Å²) in [5, 5.41) is 0.519. The first-order valence-electron chi connectivity index (χ1n) is 14.9. The van der Waals surface area contributed by atoms with Crippen molar-refractivity contribution >= 4 is 40.5 Å². The highest BCUT2D eigenvalue weighted by molar-refractivity contribution is 7.98. The number of hydrogen-bond donors (Lipinski definition) is 1. The number of aromatic nitrogens is 4. The van der Waals surface area contributed by atoms with Crippen LogP contribution in [0.15, 0.2) is 48.8 Å². The molecule has 42 heavy (non-hydrogen) atoms. The molecular formula is C33H43ClN6OS. The van der Waals surface area contributed by atoms with E-state index in [0.717, 1.165) is 53.1 Å². The zero-order chi connectivity index (χ0) is 30.8. The van der Waals surface area contributed by atoms with E-state index in [-0.39, 0.29) is 22.2 Å². The monoisotopic (exact) mass is 606 g/mol. The van der Waals surface area contributed by atoms with E-state index in [1.54, 1.807) is 16.8 Å². The van der Waals surface area contributed by atoms with E-state index in [2.05, 4.69) is 63.0 Å². The molecule has 0 radical (unpaired) electrons. The van der Waals surface area contributed by atoms with Gasteiger partial charge in [-0.05, 0) is 69.9 Å². The lowest BCUT2D eigenvalue weighted by Crippen LogP contribution is -2.41. The SMILES string of the molecule is CC.CCC1c2nc3ccc(-c4cnc(C(CC)(CC)NSC(C)(C)C)nc4)cc3n2-c2c(Cl)cccc2C(=O)N1C. The molecule has 1 atom stereocenters. The number of fused-ring (bicyclic) bond motifs is 5. The zero-order valence-electron chi connectivity index (χ0n) is 26.2. The standard InChI is InChI=1S/C31H37ClN6OS.C2H6/c1-8-24-27-35-23-15-14-19(16-25(23)38(27)26-21(28(39)37(24)7)12-11-13-22(26)32)20-17-33-29(34-18-20)31(9-2,10-3)36-40-30(4,5)6;1-2/h11-18,24,36H,8-10H2,1-7H3;1-2H3. The Hall–Kier alpha value is -2.94. The Morgan fingerprint density at radius 2 is 1.67 bits per heavy atom. The van der Waals surface area contributed by atoms with E-state index in [4.69, 9.17) is 26.6 Å². The molecule has 1 aliphatic rings.